The normalized spacial score (nSPS) is 11.8. The number of hydrogen-bond acceptors (Lipinski definition) is 5. The van der Waals surface area contributed by atoms with Gasteiger partial charge in [0.1, 0.15) is 0 Å². The third-order valence-corrected chi connectivity index (χ3v) is 4.60. The highest BCUT2D eigenvalue weighted by Crippen LogP contribution is 2.21. The maximum Gasteiger partial charge on any atom is 0.307 e. The Kier molecular flexibility index (Phi) is 5.75. The summed E-state index contributed by atoms with van der Waals surface area (Å²) in [5.74, 6) is -0.978. The van der Waals surface area contributed by atoms with E-state index in [-0.39, 0.29) is 17.7 Å². The smallest absolute Gasteiger partial charge is 0.307 e. The van der Waals surface area contributed by atoms with Crippen LogP contribution < -0.4 is 10.9 Å². The molecule has 144 valence electrons. The average Bonchev–Trinajstić information content (AvgIpc) is 2.70. The maximum absolute atomic E-state index is 13.0. The van der Waals surface area contributed by atoms with Crippen molar-refractivity contribution in [3.05, 3.63) is 75.2 Å². The maximum atomic E-state index is 13.0. The lowest BCUT2D eigenvalue weighted by Crippen LogP contribution is -2.33. The summed E-state index contributed by atoms with van der Waals surface area (Å²) in [7, 11) is 2.77. The number of fused-ring (bicyclic) bond motifs is 1. The third kappa shape index (κ3) is 4.04. The van der Waals surface area contributed by atoms with Gasteiger partial charge in [-0.3, -0.25) is 14.4 Å². The van der Waals surface area contributed by atoms with E-state index in [2.05, 4.69) is 10.4 Å². The molecule has 0 radical (unpaired) electrons. The molecular weight excluding hydrogens is 382 g/mol. The molecule has 3 rings (SSSR count). The second kappa shape index (κ2) is 8.22. The number of halogens is 1. The molecule has 1 N–H and O–H groups in total. The minimum atomic E-state index is -0.644. The zero-order valence-corrected chi connectivity index (χ0v) is 16.1. The molecule has 0 aliphatic carbocycles. The Morgan fingerprint density at radius 1 is 1.14 bits per heavy atom. The Balaban J connectivity index is 1.99. The number of rotatable bonds is 5. The molecule has 0 spiro atoms. The van der Waals surface area contributed by atoms with E-state index in [1.54, 1.807) is 48.5 Å². The zero-order chi connectivity index (χ0) is 20.3. The van der Waals surface area contributed by atoms with Gasteiger partial charge in [0.15, 0.2) is 5.69 Å². The van der Waals surface area contributed by atoms with E-state index in [0.29, 0.717) is 21.4 Å². The van der Waals surface area contributed by atoms with Crippen LogP contribution in [0, 0.1) is 0 Å². The van der Waals surface area contributed by atoms with Gasteiger partial charge in [-0.2, -0.15) is 5.10 Å². The molecular formula is C20H18ClN3O4. The molecule has 3 aromatic rings. The highest BCUT2D eigenvalue weighted by molar-refractivity contribution is 6.30. The first-order chi connectivity index (χ1) is 13.4. The predicted octanol–water partition coefficient (Wildman–Crippen LogP) is 2.62. The predicted molar refractivity (Wildman–Crippen MR) is 105 cm³/mol. The number of carbonyl (C=O) groups excluding carboxylic acids is 2. The van der Waals surface area contributed by atoms with Crippen molar-refractivity contribution in [2.24, 2.45) is 7.05 Å². The molecule has 7 nitrogen and oxygen atoms in total. The molecule has 1 atom stereocenters. The van der Waals surface area contributed by atoms with Crippen LogP contribution in [0.2, 0.25) is 5.02 Å². The van der Waals surface area contributed by atoms with Crippen LogP contribution in [0.25, 0.3) is 10.8 Å². The fourth-order valence-electron chi connectivity index (χ4n) is 2.89. The fourth-order valence-corrected chi connectivity index (χ4v) is 3.02. The van der Waals surface area contributed by atoms with Gasteiger partial charge in [-0.25, -0.2) is 4.68 Å². The molecule has 0 aliphatic heterocycles. The van der Waals surface area contributed by atoms with E-state index in [9.17, 15) is 14.4 Å². The van der Waals surface area contributed by atoms with Crippen LogP contribution in [-0.4, -0.2) is 28.8 Å². The Labute approximate surface area is 165 Å². The molecule has 28 heavy (non-hydrogen) atoms. The van der Waals surface area contributed by atoms with Crippen LogP contribution in [0.1, 0.15) is 28.5 Å². The number of benzene rings is 2. The van der Waals surface area contributed by atoms with Crippen molar-refractivity contribution in [2.45, 2.75) is 12.5 Å². The van der Waals surface area contributed by atoms with Gasteiger partial charge in [0.05, 0.1) is 25.0 Å². The fraction of sp³-hybridized carbons (Fsp3) is 0.200. The molecule has 0 saturated carbocycles. The van der Waals surface area contributed by atoms with Crippen molar-refractivity contribution in [1.29, 1.82) is 0 Å². The number of amides is 1. The van der Waals surface area contributed by atoms with Gasteiger partial charge in [-0.1, -0.05) is 41.9 Å². The lowest BCUT2D eigenvalue weighted by atomic mass is 10.0. The monoisotopic (exact) mass is 399 g/mol. The summed E-state index contributed by atoms with van der Waals surface area (Å²) in [5, 5.41) is 8.30. The number of nitrogens with one attached hydrogen (secondary N) is 1. The van der Waals surface area contributed by atoms with Gasteiger partial charge in [0, 0.05) is 17.5 Å². The van der Waals surface area contributed by atoms with E-state index in [4.69, 9.17) is 16.3 Å². The Bertz CT molecular complexity index is 1090. The van der Waals surface area contributed by atoms with E-state index in [1.165, 1.54) is 14.2 Å². The highest BCUT2D eigenvalue weighted by Gasteiger charge is 2.22. The van der Waals surface area contributed by atoms with Gasteiger partial charge in [-0.15, -0.1) is 0 Å². The number of ether oxygens (including phenoxy) is 1. The van der Waals surface area contributed by atoms with E-state index in [1.807, 2.05) is 0 Å². The lowest BCUT2D eigenvalue weighted by molar-refractivity contribution is -0.141. The molecule has 8 heteroatoms. The van der Waals surface area contributed by atoms with Crippen molar-refractivity contribution >= 4 is 34.2 Å². The van der Waals surface area contributed by atoms with Crippen molar-refractivity contribution in [3.8, 4) is 0 Å². The average molecular weight is 400 g/mol. The van der Waals surface area contributed by atoms with Gasteiger partial charge < -0.3 is 10.1 Å². The number of aromatic nitrogens is 2. The van der Waals surface area contributed by atoms with Crippen LogP contribution in [0.15, 0.2) is 53.3 Å². The number of esters is 1. The van der Waals surface area contributed by atoms with Crippen molar-refractivity contribution in [3.63, 3.8) is 0 Å². The SMILES string of the molecule is COC(=O)CC(NC(=O)c1nn(C)c(=O)c2ccccc12)c1ccc(Cl)cc1. The molecule has 1 aromatic heterocycles. The topological polar surface area (TPSA) is 90.3 Å². The van der Waals surface area contributed by atoms with Gasteiger partial charge in [-0.05, 0) is 23.8 Å². The summed E-state index contributed by atoms with van der Waals surface area (Å²) in [6.45, 7) is 0. The molecule has 1 unspecified atom stereocenters. The number of carbonyl (C=O) groups is 2. The number of hydrogen-bond donors (Lipinski definition) is 1. The molecule has 2 aromatic carbocycles. The van der Waals surface area contributed by atoms with Crippen LogP contribution in [0.3, 0.4) is 0 Å². The van der Waals surface area contributed by atoms with Crippen molar-refractivity contribution < 1.29 is 14.3 Å². The summed E-state index contributed by atoms with van der Waals surface area (Å²) in [6, 6.07) is 12.9. The minimum absolute atomic E-state index is 0.0619. The highest BCUT2D eigenvalue weighted by atomic mass is 35.5. The number of methoxy groups -OCH3 is 1. The van der Waals surface area contributed by atoms with Crippen LogP contribution in [-0.2, 0) is 16.6 Å². The van der Waals surface area contributed by atoms with E-state index >= 15 is 0 Å². The first-order valence-corrected chi connectivity index (χ1v) is 8.87. The first-order valence-electron chi connectivity index (χ1n) is 8.50. The van der Waals surface area contributed by atoms with Crippen LogP contribution >= 0.6 is 11.6 Å². The van der Waals surface area contributed by atoms with Gasteiger partial charge in [0.25, 0.3) is 11.5 Å². The van der Waals surface area contributed by atoms with Crippen molar-refractivity contribution in [2.75, 3.05) is 7.11 Å². The van der Waals surface area contributed by atoms with Crippen LogP contribution in [0.4, 0.5) is 0 Å². The molecule has 1 heterocycles. The summed E-state index contributed by atoms with van der Waals surface area (Å²) in [5.41, 5.74) is 0.495. The first kappa shape index (κ1) is 19.6. The molecule has 0 fully saturated rings. The van der Waals surface area contributed by atoms with Gasteiger partial charge in [0.2, 0.25) is 0 Å². The molecule has 0 bridgehead atoms. The molecule has 0 aliphatic rings. The zero-order valence-electron chi connectivity index (χ0n) is 15.3. The van der Waals surface area contributed by atoms with E-state index in [0.717, 1.165) is 4.68 Å². The quantitative estimate of drug-likeness (QED) is 0.666. The summed E-state index contributed by atoms with van der Waals surface area (Å²) >= 11 is 5.93. The van der Waals surface area contributed by atoms with Crippen molar-refractivity contribution in [1.82, 2.24) is 15.1 Å². The van der Waals surface area contributed by atoms with Crippen LogP contribution in [0.5, 0.6) is 0 Å². The second-order valence-corrected chi connectivity index (χ2v) is 6.62. The third-order valence-electron chi connectivity index (χ3n) is 4.35. The largest absolute Gasteiger partial charge is 0.469 e. The standard InChI is InChI=1S/C20H18ClN3O4/c1-24-20(27)15-6-4-3-5-14(15)18(23-24)19(26)22-16(11-17(25)28-2)12-7-9-13(21)10-8-12/h3-10,16H,11H2,1-2H3,(H,22,26). The molecule has 0 saturated heterocycles. The summed E-state index contributed by atoms with van der Waals surface area (Å²) in [4.78, 5) is 37.1. The lowest BCUT2D eigenvalue weighted by Gasteiger charge is -2.19. The number of nitrogens with zero attached hydrogens (tertiary/aromatic N) is 2. The summed E-state index contributed by atoms with van der Waals surface area (Å²) in [6.07, 6.45) is -0.0619. The minimum Gasteiger partial charge on any atom is -0.469 e. The van der Waals surface area contributed by atoms with E-state index < -0.39 is 17.9 Å². The van der Waals surface area contributed by atoms with Gasteiger partial charge >= 0.3 is 5.97 Å². The second-order valence-electron chi connectivity index (χ2n) is 6.18. The Hall–Kier alpha value is -3.19. The molecule has 1 amide bonds. The summed E-state index contributed by atoms with van der Waals surface area (Å²) < 4.78 is 5.86. The number of aryl methyl sites for hydroxylation is 1. The Morgan fingerprint density at radius 2 is 1.79 bits per heavy atom. The Morgan fingerprint density at radius 3 is 2.43 bits per heavy atom.